The molecule has 0 aromatic heterocycles. The molecule has 1 N–H and O–H groups in total. The highest BCUT2D eigenvalue weighted by molar-refractivity contribution is 6.30. The Labute approximate surface area is 143 Å². The second-order valence-corrected chi connectivity index (χ2v) is 6.21. The molecule has 1 atom stereocenters. The molecule has 4 heteroatoms. The number of phenolic OH excluding ortho intramolecular Hbond substituents is 1. The fourth-order valence-corrected chi connectivity index (χ4v) is 2.60. The van der Waals surface area contributed by atoms with Gasteiger partial charge in [-0.05, 0) is 49.8 Å². The number of hydrogen-bond acceptors (Lipinski definition) is 3. The van der Waals surface area contributed by atoms with Crippen molar-refractivity contribution < 1.29 is 5.11 Å². The lowest BCUT2D eigenvalue weighted by molar-refractivity contribution is 0.307. The molecule has 0 fully saturated rings. The van der Waals surface area contributed by atoms with Gasteiger partial charge in [0.1, 0.15) is 5.75 Å². The van der Waals surface area contributed by atoms with Crippen molar-refractivity contribution in [3.05, 3.63) is 64.2 Å². The molecule has 2 rings (SSSR count). The van der Waals surface area contributed by atoms with Gasteiger partial charge < -0.3 is 10.0 Å². The number of benzene rings is 2. The number of aliphatic imine (C=N–C) groups is 1. The molecule has 0 aliphatic carbocycles. The van der Waals surface area contributed by atoms with Crippen LogP contribution < -0.4 is 0 Å². The van der Waals surface area contributed by atoms with Gasteiger partial charge in [-0.25, -0.2) is 0 Å². The summed E-state index contributed by atoms with van der Waals surface area (Å²) in [6, 6.07) is 13.8. The molecule has 0 amide bonds. The Balaban J connectivity index is 2.13. The van der Waals surface area contributed by atoms with Gasteiger partial charge in [0, 0.05) is 16.8 Å². The van der Waals surface area contributed by atoms with Crippen molar-refractivity contribution in [2.45, 2.75) is 19.4 Å². The fraction of sp³-hybridized carbons (Fsp3) is 0.316. The van der Waals surface area contributed by atoms with E-state index in [-0.39, 0.29) is 11.8 Å². The van der Waals surface area contributed by atoms with Crippen molar-refractivity contribution in [3.63, 3.8) is 0 Å². The average molecular weight is 331 g/mol. The SMILES string of the molecule is CCc1ccc([C@H](CN=Cc2cc(Cl)ccc2O)N(C)C)cc1. The highest BCUT2D eigenvalue weighted by atomic mass is 35.5. The normalized spacial score (nSPS) is 12.9. The predicted octanol–water partition coefficient (Wildman–Crippen LogP) is 4.33. The van der Waals surface area contributed by atoms with Crippen LogP contribution in [0.1, 0.15) is 29.7 Å². The maximum atomic E-state index is 9.82. The molecule has 0 saturated heterocycles. The zero-order valence-electron chi connectivity index (χ0n) is 13.8. The number of hydrogen-bond donors (Lipinski definition) is 1. The lowest BCUT2D eigenvalue weighted by atomic mass is 10.0. The monoisotopic (exact) mass is 330 g/mol. The molecule has 0 aliphatic rings. The minimum atomic E-state index is 0.187. The van der Waals surface area contributed by atoms with Gasteiger partial charge in [0.25, 0.3) is 0 Å². The van der Waals surface area contributed by atoms with Gasteiger partial charge in [-0.3, -0.25) is 4.99 Å². The second kappa shape index (κ2) is 8.14. The van der Waals surface area contributed by atoms with E-state index in [1.165, 1.54) is 11.1 Å². The second-order valence-electron chi connectivity index (χ2n) is 5.77. The number of rotatable bonds is 6. The minimum absolute atomic E-state index is 0.187. The van der Waals surface area contributed by atoms with Crippen molar-refractivity contribution in [1.82, 2.24) is 4.90 Å². The third-order valence-corrected chi connectivity index (χ3v) is 4.13. The molecule has 2 aromatic rings. The van der Waals surface area contributed by atoms with E-state index in [1.54, 1.807) is 24.4 Å². The van der Waals surface area contributed by atoms with E-state index in [1.807, 2.05) is 14.1 Å². The molecular weight excluding hydrogens is 308 g/mol. The van der Waals surface area contributed by atoms with E-state index < -0.39 is 0 Å². The molecule has 0 radical (unpaired) electrons. The first-order valence-corrected chi connectivity index (χ1v) is 8.12. The number of aryl methyl sites for hydroxylation is 1. The number of nitrogens with zero attached hydrogens (tertiary/aromatic N) is 2. The van der Waals surface area contributed by atoms with Crippen LogP contribution in [0.2, 0.25) is 5.02 Å². The van der Waals surface area contributed by atoms with Crippen LogP contribution >= 0.6 is 11.6 Å². The highest BCUT2D eigenvalue weighted by Gasteiger charge is 2.13. The van der Waals surface area contributed by atoms with Gasteiger partial charge >= 0.3 is 0 Å². The summed E-state index contributed by atoms with van der Waals surface area (Å²) in [7, 11) is 4.09. The maximum Gasteiger partial charge on any atom is 0.124 e. The Bertz CT molecular complexity index is 666. The first-order chi connectivity index (χ1) is 11.0. The summed E-state index contributed by atoms with van der Waals surface area (Å²) >= 11 is 5.95. The van der Waals surface area contributed by atoms with Crippen LogP contribution in [0.3, 0.4) is 0 Å². The molecule has 0 unspecified atom stereocenters. The Morgan fingerprint density at radius 3 is 2.48 bits per heavy atom. The molecule has 0 saturated carbocycles. The molecule has 0 aliphatic heterocycles. The summed E-state index contributed by atoms with van der Waals surface area (Å²) in [5.41, 5.74) is 3.20. The van der Waals surface area contributed by atoms with E-state index in [2.05, 4.69) is 41.1 Å². The van der Waals surface area contributed by atoms with Gasteiger partial charge in [0.15, 0.2) is 0 Å². The third-order valence-electron chi connectivity index (χ3n) is 3.89. The summed E-state index contributed by atoms with van der Waals surface area (Å²) in [5, 5.41) is 10.4. The van der Waals surface area contributed by atoms with E-state index in [0.29, 0.717) is 17.1 Å². The average Bonchev–Trinajstić information content (AvgIpc) is 2.54. The van der Waals surface area contributed by atoms with Crippen LogP contribution in [-0.4, -0.2) is 36.9 Å². The topological polar surface area (TPSA) is 35.8 Å². The predicted molar refractivity (Wildman–Crippen MR) is 97.8 cm³/mol. The van der Waals surface area contributed by atoms with Crippen LogP contribution in [-0.2, 0) is 6.42 Å². The van der Waals surface area contributed by atoms with Gasteiger partial charge in [-0.15, -0.1) is 0 Å². The lowest BCUT2D eigenvalue weighted by Crippen LogP contribution is -2.22. The van der Waals surface area contributed by atoms with E-state index in [4.69, 9.17) is 11.6 Å². The van der Waals surface area contributed by atoms with E-state index in [9.17, 15) is 5.11 Å². The minimum Gasteiger partial charge on any atom is -0.507 e. The van der Waals surface area contributed by atoms with Crippen molar-refractivity contribution in [2.24, 2.45) is 4.99 Å². The Morgan fingerprint density at radius 1 is 1.17 bits per heavy atom. The Kier molecular flexibility index (Phi) is 6.20. The number of aromatic hydroxyl groups is 1. The molecule has 122 valence electrons. The zero-order valence-corrected chi connectivity index (χ0v) is 14.6. The van der Waals surface area contributed by atoms with Gasteiger partial charge in [-0.1, -0.05) is 42.8 Å². The molecule has 0 bridgehead atoms. The van der Waals surface area contributed by atoms with Crippen LogP contribution in [0.15, 0.2) is 47.5 Å². The summed E-state index contributed by atoms with van der Waals surface area (Å²) in [6.45, 7) is 2.77. The summed E-state index contributed by atoms with van der Waals surface area (Å²) in [6.07, 6.45) is 2.72. The maximum absolute atomic E-state index is 9.82. The van der Waals surface area contributed by atoms with Crippen LogP contribution in [0.5, 0.6) is 5.75 Å². The molecule has 0 spiro atoms. The summed E-state index contributed by atoms with van der Waals surface area (Å²) in [5.74, 6) is 0.187. The highest BCUT2D eigenvalue weighted by Crippen LogP contribution is 2.22. The quantitative estimate of drug-likeness (QED) is 0.800. The number of phenols is 1. The number of likely N-dealkylation sites (N-methyl/N-ethyl adjacent to an activating group) is 1. The fourth-order valence-electron chi connectivity index (χ4n) is 2.42. The van der Waals surface area contributed by atoms with Crippen molar-refractivity contribution in [2.75, 3.05) is 20.6 Å². The molecule has 0 heterocycles. The number of halogens is 1. The van der Waals surface area contributed by atoms with Crippen molar-refractivity contribution in [1.29, 1.82) is 0 Å². The Hall–Kier alpha value is -1.84. The zero-order chi connectivity index (χ0) is 16.8. The summed E-state index contributed by atoms with van der Waals surface area (Å²) < 4.78 is 0. The third kappa shape index (κ3) is 4.81. The molecule has 3 nitrogen and oxygen atoms in total. The molecular formula is C19H23ClN2O. The Morgan fingerprint density at radius 2 is 1.87 bits per heavy atom. The molecule has 23 heavy (non-hydrogen) atoms. The van der Waals surface area contributed by atoms with Crippen LogP contribution in [0.25, 0.3) is 0 Å². The van der Waals surface area contributed by atoms with E-state index in [0.717, 1.165) is 6.42 Å². The van der Waals surface area contributed by atoms with Crippen molar-refractivity contribution >= 4 is 17.8 Å². The smallest absolute Gasteiger partial charge is 0.124 e. The van der Waals surface area contributed by atoms with Gasteiger partial charge in [0.05, 0.1) is 12.6 Å². The molecule has 2 aromatic carbocycles. The lowest BCUT2D eigenvalue weighted by Gasteiger charge is -2.23. The van der Waals surface area contributed by atoms with Crippen molar-refractivity contribution in [3.8, 4) is 5.75 Å². The summed E-state index contributed by atoms with van der Waals surface area (Å²) in [4.78, 5) is 6.65. The van der Waals surface area contributed by atoms with Crippen LogP contribution in [0, 0.1) is 0 Å². The standard InChI is InChI=1S/C19H23ClN2O/c1-4-14-5-7-15(8-6-14)18(22(2)3)13-21-12-16-11-17(20)9-10-19(16)23/h5-12,18,23H,4,13H2,1-3H3/t18-/m0/s1. The largest absolute Gasteiger partial charge is 0.507 e. The van der Waals surface area contributed by atoms with Gasteiger partial charge in [0.2, 0.25) is 0 Å². The van der Waals surface area contributed by atoms with Gasteiger partial charge in [-0.2, -0.15) is 0 Å². The van der Waals surface area contributed by atoms with Crippen LogP contribution in [0.4, 0.5) is 0 Å². The first-order valence-electron chi connectivity index (χ1n) is 7.75. The first kappa shape index (κ1) is 17.5. The van der Waals surface area contributed by atoms with E-state index >= 15 is 0 Å².